The normalized spacial score (nSPS) is 16.6. The first kappa shape index (κ1) is 14.7. The van der Waals surface area contributed by atoms with E-state index in [9.17, 15) is 19.5 Å². The van der Waals surface area contributed by atoms with Gasteiger partial charge in [0.2, 0.25) is 17.7 Å². The Kier molecular flexibility index (Phi) is 4.51. The summed E-state index contributed by atoms with van der Waals surface area (Å²) in [5, 5.41) is 14.4. The smallest absolute Gasteiger partial charge is 0.240 e. The first-order chi connectivity index (χ1) is 9.49. The third-order valence-corrected chi connectivity index (χ3v) is 4.27. The molecule has 0 spiro atoms. The average Bonchev–Trinajstić information content (AvgIpc) is 2.96. The molecule has 7 heteroatoms. The highest BCUT2D eigenvalue weighted by Crippen LogP contribution is 2.23. The molecule has 1 aliphatic heterocycles. The van der Waals surface area contributed by atoms with E-state index in [4.69, 9.17) is 0 Å². The van der Waals surface area contributed by atoms with Crippen LogP contribution in [0.1, 0.15) is 29.4 Å². The number of aliphatic hydroxyl groups is 1. The van der Waals surface area contributed by atoms with Crippen molar-refractivity contribution in [3.63, 3.8) is 0 Å². The van der Waals surface area contributed by atoms with Gasteiger partial charge in [-0.1, -0.05) is 0 Å². The maximum Gasteiger partial charge on any atom is 0.240 e. The number of aliphatic hydroxyl groups excluding tert-OH is 1. The Balaban J connectivity index is 1.82. The zero-order chi connectivity index (χ0) is 14.7. The van der Waals surface area contributed by atoms with Gasteiger partial charge in [-0.3, -0.25) is 19.3 Å². The van der Waals surface area contributed by atoms with Crippen molar-refractivity contribution in [3.8, 4) is 0 Å². The number of aryl methyl sites for hydroxylation is 1. The van der Waals surface area contributed by atoms with Gasteiger partial charge in [-0.15, -0.1) is 11.3 Å². The van der Waals surface area contributed by atoms with E-state index in [0.29, 0.717) is 0 Å². The summed E-state index contributed by atoms with van der Waals surface area (Å²) in [5.41, 5.74) is 0.974. The van der Waals surface area contributed by atoms with E-state index in [2.05, 4.69) is 5.32 Å². The number of nitrogens with one attached hydrogen (secondary N) is 1. The van der Waals surface area contributed by atoms with E-state index in [0.717, 1.165) is 15.3 Å². The van der Waals surface area contributed by atoms with Crippen molar-refractivity contribution < 1.29 is 19.5 Å². The number of carbonyl (C=O) groups excluding carboxylic acids is 3. The van der Waals surface area contributed by atoms with Crippen molar-refractivity contribution in [2.24, 2.45) is 0 Å². The van der Waals surface area contributed by atoms with Gasteiger partial charge in [-0.25, -0.2) is 0 Å². The Morgan fingerprint density at radius 2 is 2.10 bits per heavy atom. The van der Waals surface area contributed by atoms with Gasteiger partial charge in [0.1, 0.15) is 12.6 Å². The fourth-order valence-electron chi connectivity index (χ4n) is 2.03. The van der Waals surface area contributed by atoms with Crippen LogP contribution in [0.3, 0.4) is 0 Å². The van der Waals surface area contributed by atoms with Crippen LogP contribution in [0.4, 0.5) is 0 Å². The number of carbonyl (C=O) groups is 3. The monoisotopic (exact) mass is 296 g/mol. The molecule has 1 fully saturated rings. The minimum Gasteiger partial charge on any atom is -0.386 e. The van der Waals surface area contributed by atoms with E-state index in [1.54, 1.807) is 0 Å². The molecule has 2 rings (SSSR count). The molecule has 3 amide bonds. The van der Waals surface area contributed by atoms with Crippen LogP contribution in [-0.4, -0.2) is 40.8 Å². The Labute approximate surface area is 120 Å². The van der Waals surface area contributed by atoms with Gasteiger partial charge in [-0.05, 0) is 23.9 Å². The lowest BCUT2D eigenvalue weighted by Gasteiger charge is -2.15. The summed E-state index contributed by atoms with van der Waals surface area (Å²) in [6.07, 6.45) is -0.435. The van der Waals surface area contributed by atoms with Crippen molar-refractivity contribution in [1.29, 1.82) is 0 Å². The second-order valence-corrected chi connectivity index (χ2v) is 5.61. The third kappa shape index (κ3) is 3.23. The maximum absolute atomic E-state index is 11.7. The lowest BCUT2D eigenvalue weighted by molar-refractivity contribution is -0.142. The predicted molar refractivity (Wildman–Crippen MR) is 73.0 cm³/mol. The molecule has 2 heterocycles. The number of hydrogen-bond acceptors (Lipinski definition) is 5. The fourth-order valence-corrected chi connectivity index (χ4v) is 2.94. The molecule has 1 aliphatic rings. The van der Waals surface area contributed by atoms with E-state index < -0.39 is 12.0 Å². The minimum atomic E-state index is -0.774. The Morgan fingerprint density at radius 3 is 2.65 bits per heavy atom. The van der Waals surface area contributed by atoms with E-state index in [1.807, 2.05) is 18.4 Å². The second-order valence-electron chi connectivity index (χ2n) is 4.66. The van der Waals surface area contributed by atoms with Gasteiger partial charge in [0, 0.05) is 24.3 Å². The molecule has 0 radical (unpaired) electrons. The Bertz CT molecular complexity index is 524. The number of rotatable bonds is 5. The lowest BCUT2D eigenvalue weighted by Crippen LogP contribution is -2.41. The predicted octanol–water partition coefficient (Wildman–Crippen LogP) is 0.355. The standard InChI is InChI=1S/C13H16N2O4S/c1-8-4-5-20-13(8)9(16)6-14-10(17)7-15-11(18)2-3-12(15)19/h4-5,9,16H,2-3,6-7H2,1H3,(H,14,17). The number of amides is 3. The zero-order valence-electron chi connectivity index (χ0n) is 11.1. The fraction of sp³-hybridized carbons (Fsp3) is 0.462. The van der Waals surface area contributed by atoms with Gasteiger partial charge in [0.05, 0.1) is 0 Å². The summed E-state index contributed by atoms with van der Waals surface area (Å²) in [6.45, 7) is 1.68. The van der Waals surface area contributed by atoms with Crippen LogP contribution < -0.4 is 5.32 Å². The quantitative estimate of drug-likeness (QED) is 0.768. The molecule has 108 valence electrons. The highest BCUT2D eigenvalue weighted by molar-refractivity contribution is 7.10. The zero-order valence-corrected chi connectivity index (χ0v) is 11.9. The van der Waals surface area contributed by atoms with Crippen molar-refractivity contribution in [2.75, 3.05) is 13.1 Å². The molecule has 1 saturated heterocycles. The largest absolute Gasteiger partial charge is 0.386 e. The number of thiophene rings is 1. The number of likely N-dealkylation sites (tertiary alicyclic amines) is 1. The molecule has 1 aromatic rings. The van der Waals surface area contributed by atoms with Gasteiger partial charge in [-0.2, -0.15) is 0 Å². The highest BCUT2D eigenvalue weighted by Gasteiger charge is 2.30. The average molecular weight is 296 g/mol. The minimum absolute atomic E-state index is 0.0659. The molecular weight excluding hydrogens is 280 g/mol. The molecule has 2 N–H and O–H groups in total. The summed E-state index contributed by atoms with van der Waals surface area (Å²) >= 11 is 1.42. The van der Waals surface area contributed by atoms with Gasteiger partial charge in [0.15, 0.2) is 0 Å². The number of imide groups is 1. The molecule has 1 atom stereocenters. The van der Waals surface area contributed by atoms with Crippen molar-refractivity contribution >= 4 is 29.1 Å². The van der Waals surface area contributed by atoms with Crippen molar-refractivity contribution in [2.45, 2.75) is 25.9 Å². The molecule has 1 unspecified atom stereocenters. The highest BCUT2D eigenvalue weighted by atomic mass is 32.1. The third-order valence-electron chi connectivity index (χ3n) is 3.15. The molecular formula is C13H16N2O4S. The van der Waals surface area contributed by atoms with Crippen LogP contribution in [0.2, 0.25) is 0 Å². The van der Waals surface area contributed by atoms with Crippen LogP contribution >= 0.6 is 11.3 Å². The van der Waals surface area contributed by atoms with Crippen LogP contribution in [0.25, 0.3) is 0 Å². The van der Waals surface area contributed by atoms with Crippen molar-refractivity contribution in [3.05, 3.63) is 21.9 Å². The summed E-state index contributed by atoms with van der Waals surface area (Å²) in [5.74, 6) is -1.08. The molecule has 1 aromatic heterocycles. The second kappa shape index (κ2) is 6.15. The molecule has 0 bridgehead atoms. The van der Waals surface area contributed by atoms with E-state index >= 15 is 0 Å². The van der Waals surface area contributed by atoms with Gasteiger partial charge >= 0.3 is 0 Å². The van der Waals surface area contributed by atoms with Crippen LogP contribution in [0.5, 0.6) is 0 Å². The summed E-state index contributed by atoms with van der Waals surface area (Å²) in [4.78, 5) is 36.2. The SMILES string of the molecule is Cc1ccsc1C(O)CNC(=O)CN1C(=O)CCC1=O. The first-order valence-electron chi connectivity index (χ1n) is 6.31. The van der Waals surface area contributed by atoms with Crippen molar-refractivity contribution in [1.82, 2.24) is 10.2 Å². The van der Waals surface area contributed by atoms with E-state index in [1.165, 1.54) is 11.3 Å². The first-order valence-corrected chi connectivity index (χ1v) is 7.19. The van der Waals surface area contributed by atoms with Crippen LogP contribution in [-0.2, 0) is 14.4 Å². The Morgan fingerprint density at radius 1 is 1.45 bits per heavy atom. The van der Waals surface area contributed by atoms with Crippen LogP contribution in [0.15, 0.2) is 11.4 Å². The summed E-state index contributed by atoms with van der Waals surface area (Å²) in [7, 11) is 0. The Hall–Kier alpha value is -1.73. The molecule has 20 heavy (non-hydrogen) atoms. The lowest BCUT2D eigenvalue weighted by atomic mass is 10.2. The van der Waals surface area contributed by atoms with E-state index in [-0.39, 0.29) is 37.7 Å². The molecule has 0 saturated carbocycles. The van der Waals surface area contributed by atoms with Crippen LogP contribution in [0, 0.1) is 6.92 Å². The van der Waals surface area contributed by atoms with Gasteiger partial charge < -0.3 is 10.4 Å². The maximum atomic E-state index is 11.7. The van der Waals surface area contributed by atoms with Gasteiger partial charge in [0.25, 0.3) is 0 Å². The number of nitrogens with zero attached hydrogens (tertiary/aromatic N) is 1. The summed E-state index contributed by atoms with van der Waals surface area (Å²) < 4.78 is 0. The number of hydrogen-bond donors (Lipinski definition) is 2. The topological polar surface area (TPSA) is 86.7 Å². The molecule has 6 nitrogen and oxygen atoms in total. The molecule has 0 aromatic carbocycles. The summed E-state index contributed by atoms with van der Waals surface area (Å²) in [6, 6.07) is 1.90. The molecule has 0 aliphatic carbocycles.